The Kier molecular flexibility index (Phi) is 6.50. The van der Waals surface area contributed by atoms with Gasteiger partial charge in [-0.15, -0.1) is 0 Å². The van der Waals surface area contributed by atoms with Gasteiger partial charge in [0.25, 0.3) is 0 Å². The van der Waals surface area contributed by atoms with Crippen molar-refractivity contribution in [1.82, 2.24) is 0 Å². The Labute approximate surface area is 123 Å². The molecule has 1 aromatic rings. The maximum absolute atomic E-state index is 13.6. The predicted molar refractivity (Wildman–Crippen MR) is 73.5 cm³/mol. The quantitative estimate of drug-likeness (QED) is 0.743. The van der Waals surface area contributed by atoms with Crippen molar-refractivity contribution in [2.75, 3.05) is 19.8 Å². The molecule has 0 aliphatic heterocycles. The van der Waals surface area contributed by atoms with E-state index in [-0.39, 0.29) is 19.0 Å². The Morgan fingerprint density at radius 2 is 1.81 bits per heavy atom. The summed E-state index contributed by atoms with van der Waals surface area (Å²) in [5.74, 6) is -2.80. The van der Waals surface area contributed by atoms with E-state index in [0.717, 1.165) is 18.6 Å². The normalized spacial score (nSPS) is 11.9. The molecule has 0 aromatic heterocycles. The van der Waals surface area contributed by atoms with Gasteiger partial charge in [0.2, 0.25) is 15.8 Å². The highest BCUT2D eigenvalue weighted by molar-refractivity contribution is 7.89. The molecule has 0 heterocycles. The minimum absolute atomic E-state index is 0.0309. The molecular weight excluding hydrogens is 304 g/mol. The molecule has 8 heteroatoms. The van der Waals surface area contributed by atoms with Crippen LogP contribution in [-0.2, 0) is 14.8 Å². The maximum Gasteiger partial charge on any atom is 0.241 e. The lowest BCUT2D eigenvalue weighted by atomic mass is 10.1. The van der Waals surface area contributed by atoms with E-state index in [2.05, 4.69) is 13.8 Å². The third kappa shape index (κ3) is 5.56. The van der Waals surface area contributed by atoms with Crippen molar-refractivity contribution in [2.45, 2.75) is 25.2 Å². The molecule has 0 aliphatic carbocycles. The molecule has 0 atom stereocenters. The number of primary sulfonamides is 1. The Bertz CT molecular complexity index is 576. The maximum atomic E-state index is 13.6. The van der Waals surface area contributed by atoms with Gasteiger partial charge in [-0.05, 0) is 24.5 Å². The van der Waals surface area contributed by atoms with Crippen molar-refractivity contribution in [3.05, 3.63) is 23.8 Å². The van der Waals surface area contributed by atoms with E-state index in [0.29, 0.717) is 12.5 Å². The molecule has 21 heavy (non-hydrogen) atoms. The lowest BCUT2D eigenvalue weighted by Gasteiger charge is -2.10. The molecule has 1 aromatic carbocycles. The first-order valence-corrected chi connectivity index (χ1v) is 7.99. The Morgan fingerprint density at radius 1 is 1.14 bits per heavy atom. The van der Waals surface area contributed by atoms with Crippen LogP contribution in [-0.4, -0.2) is 28.2 Å². The van der Waals surface area contributed by atoms with E-state index in [1.54, 1.807) is 0 Å². The zero-order valence-electron chi connectivity index (χ0n) is 11.9. The van der Waals surface area contributed by atoms with Crippen LogP contribution in [0.5, 0.6) is 5.75 Å². The number of hydrogen-bond donors (Lipinski definition) is 1. The molecule has 0 amide bonds. The molecule has 0 bridgehead atoms. The van der Waals surface area contributed by atoms with Crippen LogP contribution in [0.1, 0.15) is 20.3 Å². The lowest BCUT2D eigenvalue weighted by molar-refractivity contribution is 0.0909. The van der Waals surface area contributed by atoms with Crippen LogP contribution < -0.4 is 9.88 Å². The standard InChI is InChI=1S/C13H19F2NO4S/c1-9(2)5-6-19-7-8-20-10-3-4-11(21(16,17)18)13(15)12(10)14/h3-4,9H,5-8H2,1-2H3,(H2,16,17,18). The third-order valence-electron chi connectivity index (χ3n) is 2.64. The van der Waals surface area contributed by atoms with Crippen LogP contribution in [0.2, 0.25) is 0 Å². The van der Waals surface area contributed by atoms with Crippen LogP contribution in [0.4, 0.5) is 8.78 Å². The van der Waals surface area contributed by atoms with E-state index >= 15 is 0 Å². The molecule has 0 saturated heterocycles. The number of benzene rings is 1. The van der Waals surface area contributed by atoms with Crippen molar-refractivity contribution in [1.29, 1.82) is 0 Å². The van der Waals surface area contributed by atoms with E-state index in [9.17, 15) is 17.2 Å². The summed E-state index contributed by atoms with van der Waals surface area (Å²) in [6.45, 7) is 4.94. The summed E-state index contributed by atoms with van der Waals surface area (Å²) in [7, 11) is -4.31. The van der Waals surface area contributed by atoms with Crippen LogP contribution >= 0.6 is 0 Å². The second kappa shape index (κ2) is 7.67. The number of hydrogen-bond acceptors (Lipinski definition) is 4. The highest BCUT2D eigenvalue weighted by Crippen LogP contribution is 2.24. The van der Waals surface area contributed by atoms with Crippen molar-refractivity contribution in [3.63, 3.8) is 0 Å². The van der Waals surface area contributed by atoms with Gasteiger partial charge in [0.1, 0.15) is 11.5 Å². The summed E-state index contributed by atoms with van der Waals surface area (Å²) in [6, 6.07) is 1.88. The number of rotatable bonds is 8. The molecule has 0 unspecified atom stereocenters. The Hall–Kier alpha value is -1.25. The zero-order chi connectivity index (χ0) is 16.0. The Balaban J connectivity index is 2.56. The number of ether oxygens (including phenoxy) is 2. The molecule has 5 nitrogen and oxygen atoms in total. The predicted octanol–water partition coefficient (Wildman–Crippen LogP) is 2.05. The molecule has 2 N–H and O–H groups in total. The molecule has 0 fully saturated rings. The average Bonchev–Trinajstić information content (AvgIpc) is 2.36. The van der Waals surface area contributed by atoms with E-state index in [4.69, 9.17) is 14.6 Å². The lowest BCUT2D eigenvalue weighted by Crippen LogP contribution is -2.16. The van der Waals surface area contributed by atoms with Crippen LogP contribution in [0.3, 0.4) is 0 Å². The van der Waals surface area contributed by atoms with Gasteiger partial charge in [-0.2, -0.15) is 4.39 Å². The smallest absolute Gasteiger partial charge is 0.241 e. The van der Waals surface area contributed by atoms with Gasteiger partial charge < -0.3 is 9.47 Å². The molecule has 0 radical (unpaired) electrons. The van der Waals surface area contributed by atoms with Gasteiger partial charge in [0, 0.05) is 6.61 Å². The highest BCUT2D eigenvalue weighted by atomic mass is 32.2. The molecule has 0 saturated carbocycles. The van der Waals surface area contributed by atoms with Crippen LogP contribution in [0, 0.1) is 17.6 Å². The van der Waals surface area contributed by atoms with Gasteiger partial charge in [-0.3, -0.25) is 0 Å². The van der Waals surface area contributed by atoms with E-state index in [1.165, 1.54) is 0 Å². The second-order valence-corrected chi connectivity index (χ2v) is 6.41. The van der Waals surface area contributed by atoms with Gasteiger partial charge >= 0.3 is 0 Å². The largest absolute Gasteiger partial charge is 0.488 e. The third-order valence-corrected chi connectivity index (χ3v) is 3.57. The first-order valence-electron chi connectivity index (χ1n) is 6.44. The van der Waals surface area contributed by atoms with Crippen LogP contribution in [0.15, 0.2) is 17.0 Å². The number of halogens is 2. The molecule has 0 spiro atoms. The molecule has 0 aliphatic rings. The Morgan fingerprint density at radius 3 is 2.38 bits per heavy atom. The summed E-state index contributed by atoms with van der Waals surface area (Å²) in [5, 5.41) is 4.76. The van der Waals surface area contributed by atoms with Gasteiger partial charge in [-0.1, -0.05) is 13.8 Å². The minimum atomic E-state index is -4.31. The monoisotopic (exact) mass is 323 g/mol. The second-order valence-electron chi connectivity index (χ2n) is 4.88. The first-order chi connectivity index (χ1) is 9.73. The topological polar surface area (TPSA) is 78.6 Å². The van der Waals surface area contributed by atoms with Crippen molar-refractivity contribution < 1.29 is 26.7 Å². The van der Waals surface area contributed by atoms with Crippen LogP contribution in [0.25, 0.3) is 0 Å². The fourth-order valence-corrected chi connectivity index (χ4v) is 2.07. The van der Waals surface area contributed by atoms with Gasteiger partial charge in [0.05, 0.1) is 6.61 Å². The minimum Gasteiger partial charge on any atom is -0.488 e. The summed E-state index contributed by atoms with van der Waals surface area (Å²) in [5.41, 5.74) is 0. The fraction of sp³-hybridized carbons (Fsp3) is 0.538. The van der Waals surface area contributed by atoms with Crippen molar-refractivity contribution in [3.8, 4) is 5.75 Å². The van der Waals surface area contributed by atoms with E-state index < -0.39 is 26.6 Å². The molecule has 1 rings (SSSR count). The SMILES string of the molecule is CC(C)CCOCCOc1ccc(S(N)(=O)=O)c(F)c1F. The average molecular weight is 323 g/mol. The first kappa shape index (κ1) is 17.8. The van der Waals surface area contributed by atoms with Crippen molar-refractivity contribution >= 4 is 10.0 Å². The number of nitrogens with two attached hydrogens (primary N) is 1. The highest BCUT2D eigenvalue weighted by Gasteiger charge is 2.21. The van der Waals surface area contributed by atoms with E-state index in [1.807, 2.05) is 0 Å². The molecular formula is C13H19F2NO4S. The van der Waals surface area contributed by atoms with Crippen molar-refractivity contribution in [2.24, 2.45) is 11.1 Å². The van der Waals surface area contributed by atoms with Gasteiger partial charge in [0.15, 0.2) is 11.6 Å². The summed E-state index contributed by atoms with van der Waals surface area (Å²) < 4.78 is 59.4. The zero-order valence-corrected chi connectivity index (χ0v) is 12.8. The summed E-state index contributed by atoms with van der Waals surface area (Å²) >= 11 is 0. The van der Waals surface area contributed by atoms with Gasteiger partial charge in [-0.25, -0.2) is 17.9 Å². The number of sulfonamides is 1. The summed E-state index contributed by atoms with van der Waals surface area (Å²) in [4.78, 5) is -0.902. The fourth-order valence-electron chi connectivity index (χ4n) is 1.48. The summed E-state index contributed by atoms with van der Waals surface area (Å²) in [6.07, 6.45) is 0.895. The molecule has 120 valence electrons.